The first-order chi connectivity index (χ1) is 18.9. The van der Waals surface area contributed by atoms with Crippen LogP contribution in [0.1, 0.15) is 67.3 Å². The van der Waals surface area contributed by atoms with Crippen LogP contribution < -0.4 is 11.1 Å². The molecule has 2 saturated carbocycles. The van der Waals surface area contributed by atoms with Gasteiger partial charge in [0.1, 0.15) is 17.7 Å². The number of nitrogens with two attached hydrogens (primary N) is 1. The Balaban J connectivity index is 1.30. The molecule has 1 heterocycles. The summed E-state index contributed by atoms with van der Waals surface area (Å²) in [6.45, 7) is 2.48. The SMILES string of the molecule is NCC1CCC(CNC(=O)[C@H]2CC(N(Cc3ccc(F)cc3)C3CC3)CCN2C(=O)c2ccc(F)cc2)CC1. The second-order valence-corrected chi connectivity index (χ2v) is 11.6. The number of nitrogens with one attached hydrogen (secondary N) is 1. The molecule has 0 aromatic heterocycles. The minimum absolute atomic E-state index is 0.117. The van der Waals surface area contributed by atoms with Crippen molar-refractivity contribution in [3.63, 3.8) is 0 Å². The van der Waals surface area contributed by atoms with Crippen molar-refractivity contribution in [3.8, 4) is 0 Å². The molecule has 0 spiro atoms. The van der Waals surface area contributed by atoms with Gasteiger partial charge in [-0.3, -0.25) is 14.5 Å². The van der Waals surface area contributed by atoms with Crippen LogP contribution in [0, 0.1) is 23.5 Å². The molecular formula is C31H40F2N4O2. The van der Waals surface area contributed by atoms with E-state index in [-0.39, 0.29) is 23.7 Å². The van der Waals surface area contributed by atoms with Gasteiger partial charge >= 0.3 is 0 Å². The Morgan fingerprint density at radius 2 is 1.46 bits per heavy atom. The van der Waals surface area contributed by atoms with Gasteiger partial charge in [0.15, 0.2) is 0 Å². The Labute approximate surface area is 229 Å². The van der Waals surface area contributed by atoms with Gasteiger partial charge in [-0.2, -0.15) is 0 Å². The minimum atomic E-state index is -0.601. The van der Waals surface area contributed by atoms with E-state index in [1.807, 2.05) is 12.1 Å². The first kappa shape index (κ1) is 27.7. The van der Waals surface area contributed by atoms with Crippen LogP contribution in [0.4, 0.5) is 8.78 Å². The molecule has 2 aliphatic carbocycles. The van der Waals surface area contributed by atoms with Crippen LogP contribution in [0.5, 0.6) is 0 Å². The topological polar surface area (TPSA) is 78.7 Å². The zero-order valence-corrected chi connectivity index (χ0v) is 22.5. The van der Waals surface area contributed by atoms with Gasteiger partial charge in [-0.05, 0) is 112 Å². The molecule has 210 valence electrons. The predicted octanol–water partition coefficient (Wildman–Crippen LogP) is 4.48. The van der Waals surface area contributed by atoms with Crippen LogP contribution in [-0.4, -0.2) is 59.4 Å². The third kappa shape index (κ3) is 7.03. The highest BCUT2D eigenvalue weighted by Crippen LogP contribution is 2.35. The fraction of sp³-hybridized carbons (Fsp3) is 0.548. The quantitative estimate of drug-likeness (QED) is 0.494. The van der Waals surface area contributed by atoms with Gasteiger partial charge in [0, 0.05) is 37.3 Å². The van der Waals surface area contributed by atoms with Crippen molar-refractivity contribution in [2.75, 3.05) is 19.6 Å². The molecule has 2 amide bonds. The highest BCUT2D eigenvalue weighted by Gasteiger charge is 2.42. The van der Waals surface area contributed by atoms with Crippen LogP contribution in [0.2, 0.25) is 0 Å². The highest BCUT2D eigenvalue weighted by molar-refractivity contribution is 5.97. The zero-order valence-electron chi connectivity index (χ0n) is 22.5. The fourth-order valence-electron chi connectivity index (χ4n) is 6.30. The number of benzene rings is 2. The summed E-state index contributed by atoms with van der Waals surface area (Å²) in [5.41, 5.74) is 7.27. The van der Waals surface area contributed by atoms with Crippen LogP contribution in [-0.2, 0) is 11.3 Å². The van der Waals surface area contributed by atoms with Gasteiger partial charge in [0.2, 0.25) is 5.91 Å². The maximum absolute atomic E-state index is 13.7. The molecular weight excluding hydrogens is 498 g/mol. The van der Waals surface area contributed by atoms with Gasteiger partial charge in [0.05, 0.1) is 0 Å². The molecule has 3 aliphatic rings. The molecule has 1 aliphatic heterocycles. The average Bonchev–Trinajstić information content (AvgIpc) is 3.81. The largest absolute Gasteiger partial charge is 0.354 e. The average molecular weight is 539 g/mol. The molecule has 2 aromatic carbocycles. The lowest BCUT2D eigenvalue weighted by Crippen LogP contribution is -2.58. The molecule has 8 heteroatoms. The lowest BCUT2D eigenvalue weighted by Gasteiger charge is -2.43. The second-order valence-electron chi connectivity index (χ2n) is 11.6. The highest BCUT2D eigenvalue weighted by atomic mass is 19.1. The molecule has 6 nitrogen and oxygen atoms in total. The van der Waals surface area contributed by atoms with E-state index in [1.54, 1.807) is 4.90 Å². The normalized spacial score (nSPS) is 25.5. The summed E-state index contributed by atoms with van der Waals surface area (Å²) in [6, 6.07) is 12.1. The van der Waals surface area contributed by atoms with Crippen molar-refractivity contribution in [3.05, 3.63) is 71.3 Å². The Morgan fingerprint density at radius 1 is 0.846 bits per heavy atom. The van der Waals surface area contributed by atoms with Crippen LogP contribution in [0.15, 0.2) is 48.5 Å². The summed E-state index contributed by atoms with van der Waals surface area (Å²) >= 11 is 0. The Bertz CT molecular complexity index is 1110. The molecule has 1 unspecified atom stereocenters. The molecule has 39 heavy (non-hydrogen) atoms. The van der Waals surface area contributed by atoms with Crippen molar-refractivity contribution >= 4 is 11.8 Å². The fourth-order valence-corrected chi connectivity index (χ4v) is 6.30. The zero-order chi connectivity index (χ0) is 27.4. The third-order valence-corrected chi connectivity index (χ3v) is 8.86. The third-order valence-electron chi connectivity index (χ3n) is 8.86. The minimum Gasteiger partial charge on any atom is -0.354 e. The van der Waals surface area contributed by atoms with E-state index in [0.29, 0.717) is 49.5 Å². The van der Waals surface area contributed by atoms with Gasteiger partial charge in [-0.15, -0.1) is 0 Å². The summed E-state index contributed by atoms with van der Waals surface area (Å²) in [7, 11) is 0. The summed E-state index contributed by atoms with van der Waals surface area (Å²) in [4.78, 5) is 31.3. The van der Waals surface area contributed by atoms with Crippen LogP contribution in [0.25, 0.3) is 0 Å². The van der Waals surface area contributed by atoms with E-state index in [9.17, 15) is 18.4 Å². The lowest BCUT2D eigenvalue weighted by atomic mass is 9.82. The summed E-state index contributed by atoms with van der Waals surface area (Å²) in [6.07, 6.45) is 7.81. The Kier molecular flexibility index (Phi) is 8.92. The van der Waals surface area contributed by atoms with E-state index < -0.39 is 11.9 Å². The number of nitrogens with zero attached hydrogens (tertiary/aromatic N) is 2. The number of rotatable bonds is 9. The van der Waals surface area contributed by atoms with Crippen LogP contribution in [0.3, 0.4) is 0 Å². The number of carbonyl (C=O) groups excluding carboxylic acids is 2. The molecule has 5 rings (SSSR count). The van der Waals surface area contributed by atoms with Gasteiger partial charge in [-0.1, -0.05) is 12.1 Å². The van der Waals surface area contributed by atoms with Crippen LogP contribution >= 0.6 is 0 Å². The predicted molar refractivity (Wildman–Crippen MR) is 147 cm³/mol. The van der Waals surface area contributed by atoms with Crippen molar-refractivity contribution in [2.24, 2.45) is 17.6 Å². The first-order valence-corrected chi connectivity index (χ1v) is 14.5. The van der Waals surface area contributed by atoms with Crippen molar-refractivity contribution in [1.82, 2.24) is 15.1 Å². The number of hydrogen-bond donors (Lipinski definition) is 2. The molecule has 1 saturated heterocycles. The van der Waals surface area contributed by atoms with E-state index in [1.165, 1.54) is 36.4 Å². The number of halogens is 2. The molecule has 2 atom stereocenters. The van der Waals surface area contributed by atoms with Gasteiger partial charge in [0.25, 0.3) is 5.91 Å². The maximum atomic E-state index is 13.7. The molecule has 3 fully saturated rings. The second kappa shape index (κ2) is 12.6. The van der Waals surface area contributed by atoms with E-state index in [2.05, 4.69) is 10.2 Å². The smallest absolute Gasteiger partial charge is 0.254 e. The number of hydrogen-bond acceptors (Lipinski definition) is 4. The van der Waals surface area contributed by atoms with E-state index in [4.69, 9.17) is 5.73 Å². The van der Waals surface area contributed by atoms with E-state index in [0.717, 1.165) is 57.1 Å². The maximum Gasteiger partial charge on any atom is 0.254 e. The Morgan fingerprint density at radius 3 is 2.08 bits per heavy atom. The van der Waals surface area contributed by atoms with Gasteiger partial charge < -0.3 is 16.0 Å². The van der Waals surface area contributed by atoms with Crippen molar-refractivity contribution in [2.45, 2.75) is 76.0 Å². The monoisotopic (exact) mass is 538 g/mol. The molecule has 2 aromatic rings. The van der Waals surface area contributed by atoms with Gasteiger partial charge in [-0.25, -0.2) is 8.78 Å². The summed E-state index contributed by atoms with van der Waals surface area (Å²) in [5.74, 6) is -0.00206. The number of carbonyl (C=O) groups is 2. The standard InChI is InChI=1S/C31H40F2N4O2/c32-25-9-5-23(6-10-25)20-37(27-13-14-27)28-15-16-36(31(39)24-7-11-26(33)12-8-24)29(17-28)30(38)35-19-22-3-1-21(18-34)2-4-22/h5-12,21-22,27-29H,1-4,13-20,34H2,(H,35,38)/t21?,22?,28?,29-/m1/s1. The molecule has 3 N–H and O–H groups in total. The molecule has 0 bridgehead atoms. The number of likely N-dealkylation sites (tertiary alicyclic amines) is 1. The Hall–Kier alpha value is -2.84. The summed E-state index contributed by atoms with van der Waals surface area (Å²) in [5, 5.41) is 3.18. The first-order valence-electron chi connectivity index (χ1n) is 14.5. The number of amides is 2. The van der Waals surface area contributed by atoms with E-state index >= 15 is 0 Å². The van der Waals surface area contributed by atoms with Crippen molar-refractivity contribution in [1.29, 1.82) is 0 Å². The summed E-state index contributed by atoms with van der Waals surface area (Å²) < 4.78 is 27.0. The lowest BCUT2D eigenvalue weighted by molar-refractivity contribution is -0.128. The molecule has 0 radical (unpaired) electrons. The number of piperidine rings is 1. The van der Waals surface area contributed by atoms with Crippen molar-refractivity contribution < 1.29 is 18.4 Å².